The number of amides is 4. The predicted molar refractivity (Wildman–Crippen MR) is 105 cm³/mol. The number of hydrogen-bond donors (Lipinski definition) is 1. The van der Waals surface area contributed by atoms with Gasteiger partial charge in [-0.3, -0.25) is 14.5 Å². The lowest BCUT2D eigenvalue weighted by atomic mass is 9.91. The van der Waals surface area contributed by atoms with Gasteiger partial charge in [-0.1, -0.05) is 35.9 Å². The number of rotatable bonds is 5. The highest BCUT2D eigenvalue weighted by Crippen LogP contribution is 2.35. The van der Waals surface area contributed by atoms with Gasteiger partial charge in [0, 0.05) is 11.7 Å². The third kappa shape index (κ3) is 3.32. The Balaban J connectivity index is 1.53. The number of aryl methyl sites for hydroxylation is 1. The van der Waals surface area contributed by atoms with E-state index in [1.165, 1.54) is 0 Å². The summed E-state index contributed by atoms with van der Waals surface area (Å²) in [5.41, 5.74) is 1.73. The van der Waals surface area contributed by atoms with E-state index in [9.17, 15) is 14.4 Å². The van der Waals surface area contributed by atoms with Gasteiger partial charge in [-0.05, 0) is 57.9 Å². The quantitative estimate of drug-likeness (QED) is 0.796. The second-order valence-corrected chi connectivity index (χ2v) is 8.25. The van der Waals surface area contributed by atoms with Crippen LogP contribution in [0.15, 0.2) is 36.0 Å². The van der Waals surface area contributed by atoms with Crippen molar-refractivity contribution in [3.63, 3.8) is 0 Å². The number of carbonyl (C=O) groups is 3. The van der Waals surface area contributed by atoms with Crippen LogP contribution in [0, 0.1) is 6.92 Å². The van der Waals surface area contributed by atoms with Crippen LogP contribution in [0.2, 0.25) is 0 Å². The molecule has 1 atom stereocenters. The molecule has 0 radical (unpaired) electrons. The lowest BCUT2D eigenvalue weighted by Crippen LogP contribution is -2.45. The highest BCUT2D eigenvalue weighted by molar-refractivity contribution is 6.09. The molecule has 1 saturated carbocycles. The van der Waals surface area contributed by atoms with Gasteiger partial charge in [-0.2, -0.15) is 0 Å². The van der Waals surface area contributed by atoms with Gasteiger partial charge in [0.1, 0.15) is 12.1 Å². The van der Waals surface area contributed by atoms with Crippen LogP contribution in [0.3, 0.4) is 0 Å². The number of hydrogen-bond acceptors (Lipinski definition) is 3. The minimum absolute atomic E-state index is 0.160. The number of nitrogens with zero attached hydrogens (tertiary/aromatic N) is 2. The molecular formula is C22H27N3O3. The second kappa shape index (κ2) is 7.08. The smallest absolute Gasteiger partial charge is 0.319 e. The van der Waals surface area contributed by atoms with E-state index in [1.54, 1.807) is 6.92 Å². The SMILES string of the molecule is Cc1ccc(C2(C)NC(=O)N(CC(=O)N(C3=CCCCC3)C3CC3)C2=O)cc1. The topological polar surface area (TPSA) is 69.7 Å². The van der Waals surface area contributed by atoms with E-state index >= 15 is 0 Å². The summed E-state index contributed by atoms with van der Waals surface area (Å²) in [4.78, 5) is 41.7. The van der Waals surface area contributed by atoms with Crippen molar-refractivity contribution in [3.8, 4) is 0 Å². The van der Waals surface area contributed by atoms with Crippen molar-refractivity contribution >= 4 is 17.8 Å². The fourth-order valence-electron chi connectivity index (χ4n) is 4.11. The maximum atomic E-state index is 13.1. The monoisotopic (exact) mass is 381 g/mol. The first-order valence-corrected chi connectivity index (χ1v) is 10.1. The molecule has 3 aliphatic rings. The van der Waals surface area contributed by atoms with Crippen molar-refractivity contribution in [2.75, 3.05) is 6.54 Å². The average Bonchev–Trinajstić information content (AvgIpc) is 3.48. The molecule has 0 bridgehead atoms. The average molecular weight is 381 g/mol. The van der Waals surface area contributed by atoms with Gasteiger partial charge in [0.05, 0.1) is 0 Å². The summed E-state index contributed by atoms with van der Waals surface area (Å²) in [6.07, 6.45) is 8.23. The highest BCUT2D eigenvalue weighted by atomic mass is 16.2. The molecule has 148 valence electrons. The molecular weight excluding hydrogens is 354 g/mol. The van der Waals surface area contributed by atoms with Crippen LogP contribution in [0.1, 0.15) is 56.6 Å². The molecule has 6 heteroatoms. The number of carbonyl (C=O) groups excluding carboxylic acids is 3. The fourth-order valence-corrected chi connectivity index (χ4v) is 4.11. The van der Waals surface area contributed by atoms with Crippen LogP contribution >= 0.6 is 0 Å². The fraction of sp³-hybridized carbons (Fsp3) is 0.500. The van der Waals surface area contributed by atoms with Gasteiger partial charge in [0.15, 0.2) is 0 Å². The summed E-state index contributed by atoms with van der Waals surface area (Å²) in [6.45, 7) is 3.46. The van der Waals surface area contributed by atoms with Gasteiger partial charge >= 0.3 is 6.03 Å². The van der Waals surface area contributed by atoms with Gasteiger partial charge in [0.2, 0.25) is 5.91 Å². The molecule has 6 nitrogen and oxygen atoms in total. The predicted octanol–water partition coefficient (Wildman–Crippen LogP) is 3.21. The van der Waals surface area contributed by atoms with E-state index in [2.05, 4.69) is 11.4 Å². The van der Waals surface area contributed by atoms with Gasteiger partial charge in [-0.25, -0.2) is 4.79 Å². The highest BCUT2D eigenvalue weighted by Gasteiger charge is 2.50. The van der Waals surface area contributed by atoms with Gasteiger partial charge < -0.3 is 10.2 Å². The second-order valence-electron chi connectivity index (χ2n) is 8.25. The summed E-state index contributed by atoms with van der Waals surface area (Å²) in [5.74, 6) is -0.532. The molecule has 1 heterocycles. The Kier molecular flexibility index (Phi) is 4.73. The Labute approximate surface area is 165 Å². The van der Waals surface area contributed by atoms with Crippen LogP contribution in [0.5, 0.6) is 0 Å². The Morgan fingerprint density at radius 2 is 1.93 bits per heavy atom. The molecule has 2 fully saturated rings. The number of allylic oxidation sites excluding steroid dienone is 2. The summed E-state index contributed by atoms with van der Waals surface area (Å²) in [7, 11) is 0. The Morgan fingerprint density at radius 3 is 2.54 bits per heavy atom. The lowest BCUT2D eigenvalue weighted by Gasteiger charge is -2.29. The normalized spacial score (nSPS) is 24.8. The zero-order valence-corrected chi connectivity index (χ0v) is 16.5. The minimum atomic E-state index is -1.14. The van der Waals surface area contributed by atoms with Crippen LogP contribution in [-0.4, -0.2) is 40.2 Å². The van der Waals surface area contributed by atoms with E-state index in [0.717, 1.165) is 60.2 Å². The first kappa shape index (κ1) is 18.7. The van der Waals surface area contributed by atoms with Gasteiger partial charge in [-0.15, -0.1) is 0 Å². The third-order valence-corrected chi connectivity index (χ3v) is 5.95. The molecule has 1 unspecified atom stereocenters. The largest absolute Gasteiger partial charge is 0.325 e. The zero-order valence-electron chi connectivity index (χ0n) is 16.5. The molecule has 0 spiro atoms. The molecule has 2 aliphatic carbocycles. The van der Waals surface area contributed by atoms with E-state index in [1.807, 2.05) is 36.1 Å². The molecule has 1 N–H and O–H groups in total. The molecule has 4 rings (SSSR count). The molecule has 4 amide bonds. The standard InChI is InChI=1S/C22H27N3O3/c1-15-8-10-16(11-9-15)22(2)20(27)24(21(28)23-22)14-19(26)25(18-12-13-18)17-6-4-3-5-7-17/h6,8-11,18H,3-5,7,12-14H2,1-2H3,(H,23,28). The lowest BCUT2D eigenvalue weighted by molar-refractivity contribution is -0.138. The van der Waals surface area contributed by atoms with Crippen molar-refractivity contribution in [2.45, 2.75) is 64.0 Å². The Morgan fingerprint density at radius 1 is 1.21 bits per heavy atom. The molecule has 1 saturated heterocycles. The van der Waals surface area contributed by atoms with Crippen molar-refractivity contribution in [1.82, 2.24) is 15.1 Å². The minimum Gasteiger partial charge on any atom is -0.319 e. The molecule has 1 aromatic rings. The third-order valence-electron chi connectivity index (χ3n) is 5.95. The molecule has 1 aromatic carbocycles. The van der Waals surface area contributed by atoms with Crippen LogP contribution in [0.25, 0.3) is 0 Å². The van der Waals surface area contributed by atoms with Crippen molar-refractivity contribution in [2.24, 2.45) is 0 Å². The molecule has 1 aliphatic heterocycles. The van der Waals surface area contributed by atoms with Crippen molar-refractivity contribution < 1.29 is 14.4 Å². The first-order valence-electron chi connectivity index (χ1n) is 10.1. The number of imide groups is 1. The first-order chi connectivity index (χ1) is 13.4. The Bertz CT molecular complexity index is 841. The maximum absolute atomic E-state index is 13.1. The summed E-state index contributed by atoms with van der Waals surface area (Å²) < 4.78 is 0. The Hall–Kier alpha value is -2.63. The van der Waals surface area contributed by atoms with Crippen molar-refractivity contribution in [3.05, 3.63) is 47.2 Å². The summed E-state index contributed by atoms with van der Waals surface area (Å²) in [6, 6.07) is 7.25. The van der Waals surface area contributed by atoms with Crippen LogP contribution in [-0.2, 0) is 15.1 Å². The van der Waals surface area contributed by atoms with E-state index < -0.39 is 11.6 Å². The van der Waals surface area contributed by atoms with Crippen LogP contribution in [0.4, 0.5) is 4.79 Å². The van der Waals surface area contributed by atoms with Crippen LogP contribution < -0.4 is 5.32 Å². The maximum Gasteiger partial charge on any atom is 0.325 e. The van der Waals surface area contributed by atoms with E-state index in [4.69, 9.17) is 0 Å². The van der Waals surface area contributed by atoms with Gasteiger partial charge in [0.25, 0.3) is 5.91 Å². The molecule has 28 heavy (non-hydrogen) atoms. The van der Waals surface area contributed by atoms with Crippen molar-refractivity contribution in [1.29, 1.82) is 0 Å². The van der Waals surface area contributed by atoms with E-state index in [-0.39, 0.29) is 24.4 Å². The van der Waals surface area contributed by atoms with E-state index in [0.29, 0.717) is 0 Å². The number of nitrogens with one attached hydrogen (secondary N) is 1. The number of urea groups is 1. The molecule has 0 aromatic heterocycles. The zero-order chi connectivity index (χ0) is 19.9. The number of benzene rings is 1. The summed E-state index contributed by atoms with van der Waals surface area (Å²) >= 11 is 0. The summed E-state index contributed by atoms with van der Waals surface area (Å²) in [5, 5.41) is 2.79.